The lowest BCUT2D eigenvalue weighted by atomic mass is 9.95. The molecule has 0 bridgehead atoms. The average Bonchev–Trinajstić information content (AvgIpc) is 2.98. The number of benzene rings is 1. The highest BCUT2D eigenvalue weighted by Crippen LogP contribution is 2.28. The number of thiophene rings is 1. The van der Waals surface area contributed by atoms with Gasteiger partial charge in [-0.15, -0.1) is 11.3 Å². The van der Waals surface area contributed by atoms with Crippen LogP contribution in [0.1, 0.15) is 32.1 Å². The molecule has 0 saturated heterocycles. The molecular formula is C16H19ClN2O2S2. The second-order valence-corrected chi connectivity index (χ2v) is 9.34. The number of hydrogen-bond acceptors (Lipinski definition) is 4. The normalized spacial score (nSPS) is 16.2. The van der Waals surface area contributed by atoms with Gasteiger partial charge in [-0.25, -0.2) is 8.42 Å². The Balaban J connectivity index is 1.65. The molecule has 7 heteroatoms. The topological polar surface area (TPSA) is 58.2 Å². The number of hydrogen-bond donors (Lipinski definition) is 2. The Morgan fingerprint density at radius 3 is 2.22 bits per heavy atom. The number of nitrogens with one attached hydrogen (secondary N) is 2. The van der Waals surface area contributed by atoms with E-state index in [9.17, 15) is 8.42 Å². The molecule has 0 aliphatic heterocycles. The van der Waals surface area contributed by atoms with Crippen LogP contribution in [0.5, 0.6) is 0 Å². The average molecular weight is 371 g/mol. The van der Waals surface area contributed by atoms with Gasteiger partial charge in [0.15, 0.2) is 0 Å². The van der Waals surface area contributed by atoms with Gasteiger partial charge in [0.1, 0.15) is 4.21 Å². The molecule has 1 aromatic carbocycles. The first-order chi connectivity index (χ1) is 11.0. The molecule has 1 saturated carbocycles. The van der Waals surface area contributed by atoms with E-state index in [4.69, 9.17) is 11.6 Å². The van der Waals surface area contributed by atoms with E-state index in [1.807, 2.05) is 12.1 Å². The van der Waals surface area contributed by atoms with Gasteiger partial charge < -0.3 is 5.32 Å². The number of rotatable bonds is 5. The van der Waals surface area contributed by atoms with Gasteiger partial charge in [-0.1, -0.05) is 30.9 Å². The van der Waals surface area contributed by atoms with E-state index in [0.29, 0.717) is 16.1 Å². The minimum Gasteiger partial charge on any atom is -0.382 e. The summed E-state index contributed by atoms with van der Waals surface area (Å²) in [6, 6.07) is 11.0. The van der Waals surface area contributed by atoms with Crippen molar-refractivity contribution in [2.24, 2.45) is 0 Å². The Kier molecular flexibility index (Phi) is 5.14. The van der Waals surface area contributed by atoms with Crippen molar-refractivity contribution in [2.45, 2.75) is 42.4 Å². The Labute approximate surface area is 145 Å². The number of anilines is 2. The minimum absolute atomic E-state index is 0.215. The van der Waals surface area contributed by atoms with E-state index < -0.39 is 10.0 Å². The zero-order valence-corrected chi connectivity index (χ0v) is 15.0. The van der Waals surface area contributed by atoms with Crippen molar-refractivity contribution in [3.8, 4) is 0 Å². The van der Waals surface area contributed by atoms with Gasteiger partial charge in [-0.3, -0.25) is 4.72 Å². The molecule has 2 aromatic rings. The van der Waals surface area contributed by atoms with Crippen LogP contribution in [0.15, 0.2) is 40.6 Å². The quantitative estimate of drug-likeness (QED) is 0.783. The molecule has 2 N–H and O–H groups in total. The van der Waals surface area contributed by atoms with Crippen LogP contribution in [0.2, 0.25) is 4.34 Å². The lowest BCUT2D eigenvalue weighted by Crippen LogP contribution is -2.22. The summed E-state index contributed by atoms with van der Waals surface area (Å²) in [5, 5.41) is 3.51. The standard InChI is InChI=1S/C16H19ClN2O2S2/c17-15-10-11-16(22-15)23(20,21)19-14-8-6-13(7-9-14)18-12-4-2-1-3-5-12/h6-12,18-19H,1-5H2. The van der Waals surface area contributed by atoms with Gasteiger partial charge in [0, 0.05) is 17.4 Å². The van der Waals surface area contributed by atoms with Gasteiger partial charge in [0.2, 0.25) is 0 Å². The van der Waals surface area contributed by atoms with Crippen LogP contribution in [0, 0.1) is 0 Å². The molecule has 0 unspecified atom stereocenters. The molecule has 1 heterocycles. The fraction of sp³-hybridized carbons (Fsp3) is 0.375. The molecule has 0 spiro atoms. The summed E-state index contributed by atoms with van der Waals surface area (Å²) in [4.78, 5) is 0. The van der Waals surface area contributed by atoms with Crippen molar-refractivity contribution in [3.63, 3.8) is 0 Å². The molecule has 4 nitrogen and oxygen atoms in total. The molecule has 1 aromatic heterocycles. The van der Waals surface area contributed by atoms with Gasteiger partial charge in [0.05, 0.1) is 4.34 Å². The summed E-state index contributed by atoms with van der Waals surface area (Å²) >= 11 is 6.84. The summed E-state index contributed by atoms with van der Waals surface area (Å²) in [5.41, 5.74) is 1.57. The van der Waals surface area contributed by atoms with Crippen LogP contribution >= 0.6 is 22.9 Å². The van der Waals surface area contributed by atoms with Crippen molar-refractivity contribution in [2.75, 3.05) is 10.0 Å². The minimum atomic E-state index is -3.57. The molecule has 1 fully saturated rings. The van der Waals surface area contributed by atoms with Crippen molar-refractivity contribution < 1.29 is 8.42 Å². The fourth-order valence-electron chi connectivity index (χ4n) is 2.76. The van der Waals surface area contributed by atoms with E-state index >= 15 is 0 Å². The second-order valence-electron chi connectivity index (χ2n) is 5.72. The molecule has 0 radical (unpaired) electrons. The van der Waals surface area contributed by atoms with Crippen LogP contribution < -0.4 is 10.0 Å². The van der Waals surface area contributed by atoms with Crippen molar-refractivity contribution in [1.29, 1.82) is 0 Å². The monoisotopic (exact) mass is 370 g/mol. The summed E-state index contributed by atoms with van der Waals surface area (Å²) in [5.74, 6) is 0. The summed E-state index contributed by atoms with van der Waals surface area (Å²) in [7, 11) is -3.57. The van der Waals surface area contributed by atoms with Crippen molar-refractivity contribution in [1.82, 2.24) is 0 Å². The maximum atomic E-state index is 12.2. The maximum Gasteiger partial charge on any atom is 0.271 e. The van der Waals surface area contributed by atoms with E-state index in [-0.39, 0.29) is 4.21 Å². The third-order valence-electron chi connectivity index (χ3n) is 3.93. The van der Waals surface area contributed by atoms with Gasteiger partial charge in [-0.2, -0.15) is 0 Å². The van der Waals surface area contributed by atoms with Crippen LogP contribution in [-0.4, -0.2) is 14.5 Å². The van der Waals surface area contributed by atoms with Crippen LogP contribution in [0.25, 0.3) is 0 Å². The lowest BCUT2D eigenvalue weighted by Gasteiger charge is -2.23. The molecule has 3 rings (SSSR count). The number of halogens is 1. The van der Waals surface area contributed by atoms with Gasteiger partial charge in [0.25, 0.3) is 10.0 Å². The smallest absolute Gasteiger partial charge is 0.271 e. The second kappa shape index (κ2) is 7.11. The molecule has 0 atom stereocenters. The Morgan fingerprint density at radius 1 is 0.957 bits per heavy atom. The number of sulfonamides is 1. The lowest BCUT2D eigenvalue weighted by molar-refractivity contribution is 0.463. The van der Waals surface area contributed by atoms with Crippen molar-refractivity contribution >= 4 is 44.3 Å². The Morgan fingerprint density at radius 2 is 1.61 bits per heavy atom. The summed E-state index contributed by atoms with van der Waals surface area (Å²) in [6.07, 6.45) is 6.28. The largest absolute Gasteiger partial charge is 0.382 e. The van der Waals surface area contributed by atoms with E-state index in [2.05, 4.69) is 10.0 Å². The zero-order chi connectivity index (χ0) is 16.3. The SMILES string of the molecule is O=S(=O)(Nc1ccc(NC2CCCCC2)cc1)c1ccc(Cl)s1. The Bertz CT molecular complexity index is 751. The van der Waals surface area contributed by atoms with Gasteiger partial charge >= 0.3 is 0 Å². The van der Waals surface area contributed by atoms with E-state index in [1.54, 1.807) is 18.2 Å². The van der Waals surface area contributed by atoms with Gasteiger partial charge in [-0.05, 0) is 49.2 Å². The highest BCUT2D eigenvalue weighted by molar-refractivity contribution is 7.94. The molecule has 1 aliphatic carbocycles. The molecule has 124 valence electrons. The zero-order valence-electron chi connectivity index (χ0n) is 12.6. The van der Waals surface area contributed by atoms with Crippen LogP contribution in [0.4, 0.5) is 11.4 Å². The predicted octanol–water partition coefficient (Wildman–Crippen LogP) is 4.95. The first kappa shape index (κ1) is 16.6. The highest BCUT2D eigenvalue weighted by atomic mass is 35.5. The first-order valence-electron chi connectivity index (χ1n) is 7.68. The molecule has 1 aliphatic rings. The van der Waals surface area contributed by atoms with Crippen molar-refractivity contribution in [3.05, 3.63) is 40.7 Å². The summed E-state index contributed by atoms with van der Waals surface area (Å²) in [6.45, 7) is 0. The van der Waals surface area contributed by atoms with E-state index in [0.717, 1.165) is 17.0 Å². The van der Waals surface area contributed by atoms with Crippen LogP contribution in [-0.2, 0) is 10.0 Å². The predicted molar refractivity (Wildman–Crippen MR) is 97.1 cm³/mol. The third-order valence-corrected chi connectivity index (χ3v) is 7.03. The molecule has 23 heavy (non-hydrogen) atoms. The summed E-state index contributed by atoms with van der Waals surface area (Å²) < 4.78 is 27.7. The molecule has 0 amide bonds. The highest BCUT2D eigenvalue weighted by Gasteiger charge is 2.17. The first-order valence-corrected chi connectivity index (χ1v) is 10.4. The molecular weight excluding hydrogens is 352 g/mol. The fourth-order valence-corrected chi connectivity index (χ4v) is 5.31. The van der Waals surface area contributed by atoms with Crippen LogP contribution in [0.3, 0.4) is 0 Å². The third kappa shape index (κ3) is 4.40. The maximum absolute atomic E-state index is 12.2. The Hall–Kier alpha value is -1.24. The van der Waals surface area contributed by atoms with E-state index in [1.165, 1.54) is 38.2 Å².